The molecule has 5 rings (SSSR count). The number of aromatic hydroxyl groups is 1. The zero-order valence-corrected chi connectivity index (χ0v) is 15.7. The Hall–Kier alpha value is -3.46. The zero-order valence-electron chi connectivity index (χ0n) is 15.0. The number of hydrogen-bond acceptors (Lipinski definition) is 6. The fourth-order valence-corrected chi connectivity index (χ4v) is 3.60. The van der Waals surface area contributed by atoms with Gasteiger partial charge in [-0.2, -0.15) is 15.2 Å². The van der Waals surface area contributed by atoms with E-state index in [1.54, 1.807) is 10.9 Å². The topological polar surface area (TPSA) is 119 Å². The van der Waals surface area contributed by atoms with Crippen LogP contribution in [-0.4, -0.2) is 45.7 Å². The fourth-order valence-electron chi connectivity index (χ4n) is 3.47. The number of nitrogens with zero attached hydrogens (tertiary/aromatic N) is 6. The molecule has 1 aliphatic carbocycles. The second-order valence-electron chi connectivity index (χ2n) is 6.98. The van der Waals surface area contributed by atoms with E-state index in [0.29, 0.717) is 22.0 Å². The molecule has 1 unspecified atom stereocenters. The van der Waals surface area contributed by atoms with Gasteiger partial charge in [-0.1, -0.05) is 23.7 Å². The van der Waals surface area contributed by atoms with Crippen molar-refractivity contribution in [3.8, 4) is 11.8 Å². The summed E-state index contributed by atoms with van der Waals surface area (Å²) in [6.45, 7) is 0. The van der Waals surface area contributed by atoms with Gasteiger partial charge < -0.3 is 10.2 Å². The van der Waals surface area contributed by atoms with Crippen LogP contribution in [0.1, 0.15) is 34.8 Å². The Morgan fingerprint density at radius 2 is 1.90 bits per heavy atom. The number of carboxylic acid groups (broad SMARTS) is 1. The van der Waals surface area contributed by atoms with E-state index in [2.05, 4.69) is 20.2 Å². The molecular formula is C19H15ClN6O3. The lowest BCUT2D eigenvalue weighted by Gasteiger charge is -2.19. The van der Waals surface area contributed by atoms with E-state index >= 15 is 0 Å². The number of fused-ring (bicyclic) bond motifs is 1. The van der Waals surface area contributed by atoms with Gasteiger partial charge in [-0.15, -0.1) is 0 Å². The van der Waals surface area contributed by atoms with Crippen molar-refractivity contribution in [2.45, 2.75) is 18.9 Å². The van der Waals surface area contributed by atoms with Crippen molar-refractivity contribution >= 4 is 28.6 Å². The van der Waals surface area contributed by atoms with Crippen molar-refractivity contribution in [1.29, 1.82) is 0 Å². The lowest BCUT2D eigenvalue weighted by atomic mass is 10.0. The molecule has 0 radical (unpaired) electrons. The number of rotatable bonds is 5. The molecule has 0 saturated heterocycles. The maximum Gasteiger partial charge on any atom is 0.338 e. The standard InChI is InChI=1S/C19H15ClN6O3/c20-13-5-3-11(4-6-13)15(10-1-2-10)26-16-14(8-22-26)23-19(24-17(16)27)25-9-12(7-21-25)18(28)29/h3-10,15H,1-2H2,(H,28,29)(H,23,24,27). The first kappa shape index (κ1) is 17.6. The van der Waals surface area contributed by atoms with Crippen LogP contribution < -0.4 is 0 Å². The van der Waals surface area contributed by atoms with Gasteiger partial charge in [0, 0.05) is 11.2 Å². The first-order valence-electron chi connectivity index (χ1n) is 8.99. The third kappa shape index (κ3) is 3.09. The number of carbonyl (C=O) groups is 1. The molecule has 4 aromatic rings. The summed E-state index contributed by atoms with van der Waals surface area (Å²) in [5, 5.41) is 28.8. The smallest absolute Gasteiger partial charge is 0.338 e. The number of benzene rings is 1. The van der Waals surface area contributed by atoms with Crippen molar-refractivity contribution in [3.05, 3.63) is 59.0 Å². The average Bonchev–Trinajstić information content (AvgIpc) is 3.23. The third-order valence-electron chi connectivity index (χ3n) is 4.99. The molecule has 29 heavy (non-hydrogen) atoms. The van der Waals surface area contributed by atoms with Crippen LogP contribution in [0.3, 0.4) is 0 Å². The van der Waals surface area contributed by atoms with Crippen molar-refractivity contribution in [3.63, 3.8) is 0 Å². The molecule has 146 valence electrons. The highest BCUT2D eigenvalue weighted by Crippen LogP contribution is 2.45. The fraction of sp³-hybridized carbons (Fsp3) is 0.211. The highest BCUT2D eigenvalue weighted by atomic mass is 35.5. The maximum absolute atomic E-state index is 11.1. The summed E-state index contributed by atoms with van der Waals surface area (Å²) in [5.41, 5.74) is 1.91. The molecular weight excluding hydrogens is 396 g/mol. The van der Waals surface area contributed by atoms with Crippen LogP contribution >= 0.6 is 11.6 Å². The second-order valence-corrected chi connectivity index (χ2v) is 7.42. The first-order chi connectivity index (χ1) is 14.0. The number of hydrogen-bond donors (Lipinski definition) is 2. The minimum Gasteiger partial charge on any atom is -0.492 e. The average molecular weight is 411 g/mol. The maximum atomic E-state index is 11.1. The van der Waals surface area contributed by atoms with E-state index < -0.39 is 5.97 Å². The Morgan fingerprint density at radius 3 is 2.55 bits per heavy atom. The van der Waals surface area contributed by atoms with Gasteiger partial charge in [0.05, 0.1) is 24.0 Å². The number of carboxylic acids is 1. The van der Waals surface area contributed by atoms with E-state index in [4.69, 9.17) is 16.7 Å². The van der Waals surface area contributed by atoms with E-state index in [1.807, 2.05) is 24.3 Å². The molecule has 1 aromatic carbocycles. The van der Waals surface area contributed by atoms with Crippen molar-refractivity contribution in [2.24, 2.45) is 5.92 Å². The molecule has 1 aliphatic rings. The van der Waals surface area contributed by atoms with Crippen LogP contribution in [0.5, 0.6) is 5.88 Å². The monoisotopic (exact) mass is 410 g/mol. The predicted octanol–water partition coefficient (Wildman–Crippen LogP) is 3.07. The Bertz CT molecular complexity index is 1230. The summed E-state index contributed by atoms with van der Waals surface area (Å²) in [7, 11) is 0. The minimum absolute atomic E-state index is 0.000387. The predicted molar refractivity (Wildman–Crippen MR) is 103 cm³/mol. The van der Waals surface area contributed by atoms with Crippen LogP contribution in [0, 0.1) is 5.92 Å². The summed E-state index contributed by atoms with van der Waals surface area (Å²) in [4.78, 5) is 19.6. The van der Waals surface area contributed by atoms with E-state index in [-0.39, 0.29) is 23.4 Å². The van der Waals surface area contributed by atoms with Gasteiger partial charge in [-0.25, -0.2) is 19.1 Å². The number of aromatic nitrogens is 6. The van der Waals surface area contributed by atoms with Crippen molar-refractivity contribution in [2.75, 3.05) is 0 Å². The highest BCUT2D eigenvalue weighted by Gasteiger charge is 2.36. The Morgan fingerprint density at radius 1 is 1.14 bits per heavy atom. The molecule has 10 heteroatoms. The van der Waals surface area contributed by atoms with Crippen LogP contribution in [0.25, 0.3) is 17.0 Å². The van der Waals surface area contributed by atoms with Gasteiger partial charge in [-0.05, 0) is 36.5 Å². The highest BCUT2D eigenvalue weighted by molar-refractivity contribution is 6.30. The molecule has 9 nitrogen and oxygen atoms in total. The van der Waals surface area contributed by atoms with E-state index in [0.717, 1.165) is 18.4 Å². The lowest BCUT2D eigenvalue weighted by Crippen LogP contribution is -2.14. The summed E-state index contributed by atoms with van der Waals surface area (Å²) < 4.78 is 2.96. The molecule has 0 bridgehead atoms. The first-order valence-corrected chi connectivity index (χ1v) is 9.37. The van der Waals surface area contributed by atoms with Crippen LogP contribution in [0.4, 0.5) is 0 Å². The van der Waals surface area contributed by atoms with Gasteiger partial charge in [0.25, 0.3) is 5.95 Å². The Balaban J connectivity index is 1.60. The molecule has 1 fully saturated rings. The van der Waals surface area contributed by atoms with Crippen molar-refractivity contribution in [1.82, 2.24) is 29.5 Å². The summed E-state index contributed by atoms with van der Waals surface area (Å²) >= 11 is 6.03. The van der Waals surface area contributed by atoms with Gasteiger partial charge in [0.15, 0.2) is 0 Å². The molecule has 0 aliphatic heterocycles. The zero-order chi connectivity index (χ0) is 20.1. The Labute approximate surface area is 169 Å². The Kier molecular flexibility index (Phi) is 3.99. The van der Waals surface area contributed by atoms with Gasteiger partial charge >= 0.3 is 5.97 Å². The summed E-state index contributed by atoms with van der Waals surface area (Å²) in [5.74, 6) is -0.877. The molecule has 1 atom stereocenters. The van der Waals surface area contributed by atoms with Crippen LogP contribution in [0.15, 0.2) is 42.9 Å². The molecule has 3 heterocycles. The van der Waals surface area contributed by atoms with Gasteiger partial charge in [-0.3, -0.25) is 0 Å². The van der Waals surface area contributed by atoms with Crippen molar-refractivity contribution < 1.29 is 15.0 Å². The SMILES string of the molecule is O=C(O)c1cnn(-c2nc(O)c3c(cnn3C(c3ccc(Cl)cc3)C3CC3)n2)c1. The molecule has 1 saturated carbocycles. The van der Waals surface area contributed by atoms with Gasteiger partial charge in [0.1, 0.15) is 11.0 Å². The second kappa shape index (κ2) is 6.56. The van der Waals surface area contributed by atoms with Crippen LogP contribution in [0.2, 0.25) is 5.02 Å². The van der Waals surface area contributed by atoms with Gasteiger partial charge in [0.2, 0.25) is 5.88 Å². The quantitative estimate of drug-likeness (QED) is 0.518. The molecule has 0 amide bonds. The molecule has 0 spiro atoms. The summed E-state index contributed by atoms with van der Waals surface area (Å²) in [6.07, 6.45) is 6.18. The number of halogens is 1. The van der Waals surface area contributed by atoms with Crippen LogP contribution in [-0.2, 0) is 0 Å². The van der Waals surface area contributed by atoms with E-state index in [9.17, 15) is 9.90 Å². The number of aromatic carboxylic acids is 1. The lowest BCUT2D eigenvalue weighted by molar-refractivity contribution is 0.0697. The minimum atomic E-state index is -1.11. The molecule has 2 N–H and O–H groups in total. The molecule has 3 aromatic heterocycles. The third-order valence-corrected chi connectivity index (χ3v) is 5.24. The summed E-state index contributed by atoms with van der Waals surface area (Å²) in [6, 6.07) is 7.53. The normalized spacial score (nSPS) is 14.9. The van der Waals surface area contributed by atoms with E-state index in [1.165, 1.54) is 17.1 Å². The largest absolute Gasteiger partial charge is 0.492 e.